The van der Waals surface area contributed by atoms with Crippen molar-refractivity contribution in [2.24, 2.45) is 0 Å². The molecule has 0 radical (unpaired) electrons. The Hall–Kier alpha value is -0.810. The molecule has 2 atom stereocenters. The maximum absolute atomic E-state index is 11.8. The normalized spacial score (nSPS) is 15.1. The van der Waals surface area contributed by atoms with E-state index in [1.165, 1.54) is 4.90 Å². The number of nitrogens with zero attached hydrogens (tertiary/aromatic N) is 1. The first-order chi connectivity index (χ1) is 8.17. The van der Waals surface area contributed by atoms with E-state index in [0.29, 0.717) is 19.6 Å². The first-order valence-corrected chi connectivity index (χ1v) is 6.39. The molecule has 0 fully saturated rings. The van der Waals surface area contributed by atoms with Crippen LogP contribution in [0.15, 0.2) is 0 Å². The lowest BCUT2D eigenvalue weighted by molar-refractivity contribution is -0.00462. The molecule has 5 nitrogen and oxygen atoms in total. The van der Waals surface area contributed by atoms with Gasteiger partial charge in [-0.05, 0) is 34.1 Å². The molecule has 0 aliphatic carbocycles. The molecule has 0 saturated heterocycles. The van der Waals surface area contributed by atoms with Crippen LogP contribution < -0.4 is 0 Å². The van der Waals surface area contributed by atoms with Crippen LogP contribution in [0.3, 0.4) is 0 Å². The smallest absolute Gasteiger partial charge is 0.410 e. The molecule has 0 heterocycles. The van der Waals surface area contributed by atoms with E-state index in [0.717, 1.165) is 0 Å². The minimum absolute atomic E-state index is 0.0936. The Morgan fingerprint density at radius 1 is 1.33 bits per heavy atom. The highest BCUT2D eigenvalue weighted by Gasteiger charge is 2.23. The molecule has 0 aromatic carbocycles. The van der Waals surface area contributed by atoms with Gasteiger partial charge in [-0.2, -0.15) is 0 Å². The molecule has 0 rings (SSSR count). The maximum Gasteiger partial charge on any atom is 0.410 e. The molecular formula is C13H27NO4. The zero-order chi connectivity index (χ0) is 14.3. The van der Waals surface area contributed by atoms with Gasteiger partial charge in [-0.1, -0.05) is 6.92 Å². The van der Waals surface area contributed by atoms with E-state index >= 15 is 0 Å². The molecule has 0 aliphatic heterocycles. The lowest BCUT2D eigenvalue weighted by atomic mass is 10.2. The van der Waals surface area contributed by atoms with Crippen LogP contribution in [-0.2, 0) is 9.47 Å². The summed E-state index contributed by atoms with van der Waals surface area (Å²) in [7, 11) is 1.68. The van der Waals surface area contributed by atoms with E-state index in [2.05, 4.69) is 0 Å². The summed E-state index contributed by atoms with van der Waals surface area (Å²) >= 11 is 0. The summed E-state index contributed by atoms with van der Waals surface area (Å²) in [5.74, 6) is 0. The van der Waals surface area contributed by atoms with Gasteiger partial charge in [0.15, 0.2) is 0 Å². The van der Waals surface area contributed by atoms with Gasteiger partial charge in [0.25, 0.3) is 0 Å². The second-order valence-electron chi connectivity index (χ2n) is 5.54. The average Bonchev–Trinajstić information content (AvgIpc) is 2.25. The molecule has 0 aliphatic rings. The number of carbonyl (C=O) groups excluding carboxylic acids is 1. The first-order valence-electron chi connectivity index (χ1n) is 6.39. The fraction of sp³-hybridized carbons (Fsp3) is 0.923. The molecule has 5 heteroatoms. The van der Waals surface area contributed by atoms with Gasteiger partial charge in [-0.3, -0.25) is 0 Å². The zero-order valence-electron chi connectivity index (χ0n) is 12.4. The van der Waals surface area contributed by atoms with Gasteiger partial charge in [-0.25, -0.2) is 4.79 Å². The highest BCUT2D eigenvalue weighted by atomic mass is 16.6. The quantitative estimate of drug-likeness (QED) is 0.794. The van der Waals surface area contributed by atoms with Gasteiger partial charge >= 0.3 is 6.09 Å². The van der Waals surface area contributed by atoms with Crippen LogP contribution >= 0.6 is 0 Å². The third-order valence-corrected chi connectivity index (χ3v) is 2.48. The van der Waals surface area contributed by atoms with Gasteiger partial charge in [0, 0.05) is 7.05 Å². The second-order valence-corrected chi connectivity index (χ2v) is 5.54. The molecule has 1 N–H and O–H groups in total. The predicted octanol–water partition coefficient (Wildman–Crippen LogP) is 2.03. The van der Waals surface area contributed by atoms with Crippen LogP contribution in [0, 0.1) is 0 Å². The van der Waals surface area contributed by atoms with E-state index in [1.54, 1.807) is 7.05 Å². The maximum atomic E-state index is 11.8. The number of rotatable bonds is 6. The van der Waals surface area contributed by atoms with Gasteiger partial charge in [-0.15, -0.1) is 0 Å². The Bertz CT molecular complexity index is 250. The van der Waals surface area contributed by atoms with Crippen molar-refractivity contribution in [2.75, 3.05) is 20.3 Å². The number of ether oxygens (including phenoxy) is 2. The van der Waals surface area contributed by atoms with Gasteiger partial charge in [0.2, 0.25) is 0 Å². The lowest BCUT2D eigenvalue weighted by Gasteiger charge is -2.28. The largest absolute Gasteiger partial charge is 0.444 e. The van der Waals surface area contributed by atoms with Crippen molar-refractivity contribution in [3.05, 3.63) is 0 Å². The molecule has 0 aromatic rings. The molecule has 0 aromatic heterocycles. The van der Waals surface area contributed by atoms with E-state index in [4.69, 9.17) is 9.47 Å². The first kappa shape index (κ1) is 17.2. The third kappa shape index (κ3) is 7.50. The molecule has 1 amide bonds. The molecule has 0 spiro atoms. The molecule has 0 bridgehead atoms. The lowest BCUT2D eigenvalue weighted by Crippen LogP contribution is -2.41. The molecule has 2 unspecified atom stereocenters. The number of carbonyl (C=O) groups is 1. The highest BCUT2D eigenvalue weighted by Crippen LogP contribution is 2.10. The summed E-state index contributed by atoms with van der Waals surface area (Å²) in [6.07, 6.45) is -0.144. The predicted molar refractivity (Wildman–Crippen MR) is 70.6 cm³/mol. The number of aliphatic hydroxyl groups is 1. The fourth-order valence-electron chi connectivity index (χ4n) is 1.12. The second kappa shape index (κ2) is 7.59. The fourth-order valence-corrected chi connectivity index (χ4v) is 1.12. The van der Waals surface area contributed by atoms with Crippen molar-refractivity contribution in [1.29, 1.82) is 0 Å². The number of amides is 1. The SMILES string of the molecule is CCC(O)COCC(C)N(C)C(=O)OC(C)(C)C. The average molecular weight is 261 g/mol. The monoisotopic (exact) mass is 261 g/mol. The topological polar surface area (TPSA) is 59.0 Å². The van der Waals surface area contributed by atoms with Crippen LogP contribution in [0.25, 0.3) is 0 Å². The van der Waals surface area contributed by atoms with Gasteiger partial charge in [0.1, 0.15) is 5.60 Å². The summed E-state index contributed by atoms with van der Waals surface area (Å²) in [4.78, 5) is 13.3. The Morgan fingerprint density at radius 3 is 2.33 bits per heavy atom. The number of hydrogen-bond donors (Lipinski definition) is 1. The van der Waals surface area contributed by atoms with E-state index < -0.39 is 11.7 Å². The number of aliphatic hydroxyl groups excluding tert-OH is 1. The van der Waals surface area contributed by atoms with E-state index in [1.807, 2.05) is 34.6 Å². The van der Waals surface area contributed by atoms with Crippen molar-refractivity contribution in [3.8, 4) is 0 Å². The Balaban J connectivity index is 4.02. The standard InChI is InChI=1S/C13H27NO4/c1-7-11(15)9-17-8-10(2)14(6)12(16)18-13(3,4)5/h10-11,15H,7-9H2,1-6H3. The number of likely N-dealkylation sites (N-methyl/N-ethyl adjacent to an activating group) is 1. The van der Waals surface area contributed by atoms with Crippen molar-refractivity contribution in [2.45, 2.75) is 58.8 Å². The summed E-state index contributed by atoms with van der Waals surface area (Å²) in [6, 6.07) is -0.0936. The van der Waals surface area contributed by atoms with Crippen LogP contribution in [-0.4, -0.2) is 54.1 Å². The zero-order valence-corrected chi connectivity index (χ0v) is 12.4. The third-order valence-electron chi connectivity index (χ3n) is 2.48. The minimum Gasteiger partial charge on any atom is -0.444 e. The highest BCUT2D eigenvalue weighted by molar-refractivity contribution is 5.68. The summed E-state index contributed by atoms with van der Waals surface area (Å²) < 4.78 is 10.6. The molecular weight excluding hydrogens is 234 g/mol. The van der Waals surface area contributed by atoms with Crippen LogP contribution in [0.1, 0.15) is 41.0 Å². The van der Waals surface area contributed by atoms with E-state index in [9.17, 15) is 9.90 Å². The molecule has 18 heavy (non-hydrogen) atoms. The summed E-state index contributed by atoms with van der Waals surface area (Å²) in [5.41, 5.74) is -0.496. The van der Waals surface area contributed by atoms with Crippen LogP contribution in [0.4, 0.5) is 4.79 Å². The van der Waals surface area contributed by atoms with Crippen LogP contribution in [0.5, 0.6) is 0 Å². The Morgan fingerprint density at radius 2 is 1.89 bits per heavy atom. The minimum atomic E-state index is -0.496. The molecule has 0 saturated carbocycles. The Kier molecular flexibility index (Phi) is 7.25. The molecule has 108 valence electrons. The summed E-state index contributed by atoms with van der Waals surface area (Å²) in [5, 5.41) is 9.34. The van der Waals surface area contributed by atoms with Crippen molar-refractivity contribution >= 4 is 6.09 Å². The number of hydrogen-bond acceptors (Lipinski definition) is 4. The van der Waals surface area contributed by atoms with Gasteiger partial charge in [0.05, 0.1) is 25.4 Å². The van der Waals surface area contributed by atoms with E-state index in [-0.39, 0.29) is 12.1 Å². The van der Waals surface area contributed by atoms with Gasteiger partial charge < -0.3 is 19.5 Å². The van der Waals surface area contributed by atoms with Crippen molar-refractivity contribution in [1.82, 2.24) is 4.90 Å². The summed E-state index contributed by atoms with van der Waals surface area (Å²) in [6.45, 7) is 9.94. The Labute approximate surface area is 110 Å². The van der Waals surface area contributed by atoms with Crippen molar-refractivity contribution in [3.63, 3.8) is 0 Å². The van der Waals surface area contributed by atoms with Crippen molar-refractivity contribution < 1.29 is 19.4 Å². The van der Waals surface area contributed by atoms with Crippen LogP contribution in [0.2, 0.25) is 0 Å².